The first-order chi connectivity index (χ1) is 16.7. The summed E-state index contributed by atoms with van der Waals surface area (Å²) in [6.45, 7) is 0.439. The molecule has 0 saturated carbocycles. The fourth-order valence-corrected chi connectivity index (χ4v) is 4.03. The van der Waals surface area contributed by atoms with E-state index in [0.717, 1.165) is 22.6 Å². The van der Waals surface area contributed by atoms with E-state index in [1.165, 1.54) is 5.01 Å². The van der Waals surface area contributed by atoms with Crippen LogP contribution in [0.5, 0.6) is 11.5 Å². The molecule has 5 rings (SSSR count). The summed E-state index contributed by atoms with van der Waals surface area (Å²) in [5.41, 5.74) is 3.50. The molecule has 0 aliphatic carbocycles. The number of halogens is 1. The van der Waals surface area contributed by atoms with Crippen LogP contribution in [0.4, 0.5) is 10.5 Å². The minimum absolute atomic E-state index is 0.0409. The van der Waals surface area contributed by atoms with E-state index in [1.54, 1.807) is 6.07 Å². The van der Waals surface area contributed by atoms with Gasteiger partial charge in [-0.05, 0) is 47.5 Å². The minimum atomic E-state index is -0.304. The Bertz CT molecular complexity index is 1310. The molecule has 1 N–H and O–H groups in total. The first kappa shape index (κ1) is 21.7. The number of hydrogen-bond donors (Lipinski definition) is 1. The molecule has 2 amide bonds. The molecular formula is C28H22ClN3O2. The molecule has 1 unspecified atom stereocenters. The third-order valence-electron chi connectivity index (χ3n) is 5.55. The maximum Gasteiger partial charge on any atom is 0.342 e. The van der Waals surface area contributed by atoms with Crippen molar-refractivity contribution in [1.29, 1.82) is 0 Å². The van der Waals surface area contributed by atoms with E-state index in [2.05, 4.69) is 17.4 Å². The number of amides is 2. The molecule has 5 nitrogen and oxygen atoms in total. The van der Waals surface area contributed by atoms with Gasteiger partial charge in [0.2, 0.25) is 0 Å². The molecule has 0 fully saturated rings. The number of anilines is 1. The van der Waals surface area contributed by atoms with Gasteiger partial charge in [0.25, 0.3) is 0 Å². The molecule has 6 heteroatoms. The average Bonchev–Trinajstić information content (AvgIpc) is 3.32. The number of para-hydroxylation sites is 1. The maximum absolute atomic E-state index is 13.1. The first-order valence-electron chi connectivity index (χ1n) is 11.0. The summed E-state index contributed by atoms with van der Waals surface area (Å²) in [4.78, 5) is 13.1. The van der Waals surface area contributed by atoms with Crippen LogP contribution in [0.2, 0.25) is 5.02 Å². The Labute approximate surface area is 203 Å². The highest BCUT2D eigenvalue weighted by molar-refractivity contribution is 6.30. The Morgan fingerprint density at radius 3 is 2.26 bits per heavy atom. The third kappa shape index (κ3) is 4.95. The molecule has 0 bridgehead atoms. The second-order valence-corrected chi connectivity index (χ2v) is 8.35. The summed E-state index contributed by atoms with van der Waals surface area (Å²) in [7, 11) is 0. The summed E-state index contributed by atoms with van der Waals surface area (Å²) in [6.07, 6.45) is 0. The highest BCUT2D eigenvalue weighted by Crippen LogP contribution is 2.30. The van der Waals surface area contributed by atoms with Crippen molar-refractivity contribution in [1.82, 2.24) is 5.01 Å². The van der Waals surface area contributed by atoms with Crippen molar-refractivity contribution in [3.63, 3.8) is 0 Å². The molecule has 0 radical (unpaired) electrons. The van der Waals surface area contributed by atoms with Crippen molar-refractivity contribution < 1.29 is 9.53 Å². The van der Waals surface area contributed by atoms with Crippen LogP contribution in [0.3, 0.4) is 0 Å². The quantitative estimate of drug-likeness (QED) is 0.338. The number of nitrogens with one attached hydrogen (secondary N) is 1. The number of benzene rings is 4. The van der Waals surface area contributed by atoms with E-state index in [-0.39, 0.29) is 11.9 Å². The number of ether oxygens (including phenoxy) is 1. The van der Waals surface area contributed by atoms with E-state index < -0.39 is 0 Å². The van der Waals surface area contributed by atoms with Crippen LogP contribution < -0.4 is 10.1 Å². The number of hydrazone groups is 1. The summed E-state index contributed by atoms with van der Waals surface area (Å²) in [5.74, 6) is 1.33. The third-order valence-corrected chi connectivity index (χ3v) is 5.81. The lowest BCUT2D eigenvalue weighted by Gasteiger charge is -2.16. The van der Waals surface area contributed by atoms with Gasteiger partial charge in [-0.3, -0.25) is 0 Å². The number of rotatable bonds is 5. The van der Waals surface area contributed by atoms with E-state index in [1.807, 2.05) is 91.0 Å². The number of carbonyl (C=O) groups is 1. The van der Waals surface area contributed by atoms with Gasteiger partial charge in [0, 0.05) is 22.7 Å². The molecule has 0 aromatic heterocycles. The second-order valence-electron chi connectivity index (χ2n) is 7.91. The molecule has 1 heterocycles. The smallest absolute Gasteiger partial charge is 0.342 e. The fraction of sp³-hybridized carbons (Fsp3) is 0.0714. The van der Waals surface area contributed by atoms with Crippen LogP contribution in [-0.2, 0) is 0 Å². The van der Waals surface area contributed by atoms with Crippen molar-refractivity contribution in [2.75, 3.05) is 11.9 Å². The number of carbonyl (C=O) groups excluding carboxylic acids is 1. The lowest BCUT2D eigenvalue weighted by atomic mass is 9.91. The normalized spacial score (nSPS) is 15.0. The van der Waals surface area contributed by atoms with Crippen LogP contribution in [0, 0.1) is 0 Å². The van der Waals surface area contributed by atoms with Crippen LogP contribution in [0.1, 0.15) is 17.0 Å². The number of nitrogens with zero attached hydrogens (tertiary/aromatic N) is 2. The molecule has 0 saturated heterocycles. The molecule has 4 aromatic carbocycles. The summed E-state index contributed by atoms with van der Waals surface area (Å²) >= 11 is 6.08. The Hall–Kier alpha value is -4.09. The van der Waals surface area contributed by atoms with Crippen LogP contribution >= 0.6 is 11.6 Å². The minimum Gasteiger partial charge on any atom is -0.457 e. The standard InChI is InChI=1S/C28H22ClN3O2/c29-22-16-14-21(15-17-22)27-26(20-8-3-1-4-9-20)19-32(31-27)28(33)30-23-10-7-13-25(18-23)34-24-11-5-2-6-12-24/h1-18,26H,19H2,(H,30,33). The predicted molar refractivity (Wildman–Crippen MR) is 136 cm³/mol. The number of urea groups is 1. The largest absolute Gasteiger partial charge is 0.457 e. The van der Waals surface area contributed by atoms with Crippen LogP contribution in [0.15, 0.2) is 114 Å². The Morgan fingerprint density at radius 1 is 0.853 bits per heavy atom. The second kappa shape index (κ2) is 9.81. The molecule has 1 aliphatic rings. The molecule has 1 aliphatic heterocycles. The van der Waals surface area contributed by atoms with Gasteiger partial charge in [-0.15, -0.1) is 0 Å². The summed E-state index contributed by atoms with van der Waals surface area (Å²) < 4.78 is 5.88. The van der Waals surface area contributed by atoms with Gasteiger partial charge >= 0.3 is 6.03 Å². The van der Waals surface area contributed by atoms with Crippen molar-refractivity contribution >= 4 is 29.0 Å². The molecule has 168 valence electrons. The molecule has 0 spiro atoms. The first-order valence-corrected chi connectivity index (χ1v) is 11.3. The lowest BCUT2D eigenvalue weighted by Crippen LogP contribution is -2.30. The summed E-state index contributed by atoms with van der Waals surface area (Å²) in [6, 6.07) is 34.1. The van der Waals surface area contributed by atoms with Gasteiger partial charge in [-0.2, -0.15) is 5.10 Å². The lowest BCUT2D eigenvalue weighted by molar-refractivity contribution is 0.218. The highest BCUT2D eigenvalue weighted by Gasteiger charge is 2.32. The zero-order chi connectivity index (χ0) is 23.3. The average molecular weight is 468 g/mol. The van der Waals surface area contributed by atoms with Crippen molar-refractivity contribution in [2.24, 2.45) is 5.10 Å². The topological polar surface area (TPSA) is 53.9 Å². The van der Waals surface area contributed by atoms with E-state index in [0.29, 0.717) is 23.0 Å². The van der Waals surface area contributed by atoms with Gasteiger partial charge in [0.1, 0.15) is 11.5 Å². The van der Waals surface area contributed by atoms with E-state index in [4.69, 9.17) is 21.4 Å². The van der Waals surface area contributed by atoms with Crippen molar-refractivity contribution in [3.8, 4) is 11.5 Å². The van der Waals surface area contributed by atoms with Crippen LogP contribution in [-0.4, -0.2) is 23.3 Å². The Kier molecular flexibility index (Phi) is 6.27. The molecule has 34 heavy (non-hydrogen) atoms. The molecule has 4 aromatic rings. The van der Waals surface area contributed by atoms with E-state index >= 15 is 0 Å². The zero-order valence-electron chi connectivity index (χ0n) is 18.3. The highest BCUT2D eigenvalue weighted by atomic mass is 35.5. The van der Waals surface area contributed by atoms with Gasteiger partial charge < -0.3 is 10.1 Å². The predicted octanol–water partition coefficient (Wildman–Crippen LogP) is 7.17. The van der Waals surface area contributed by atoms with Crippen molar-refractivity contribution in [2.45, 2.75) is 5.92 Å². The molecule has 1 atom stereocenters. The van der Waals surface area contributed by atoms with Gasteiger partial charge in [-0.25, -0.2) is 9.80 Å². The Morgan fingerprint density at radius 2 is 1.53 bits per heavy atom. The summed E-state index contributed by atoms with van der Waals surface area (Å²) in [5, 5.41) is 9.77. The zero-order valence-corrected chi connectivity index (χ0v) is 19.0. The van der Waals surface area contributed by atoms with E-state index in [9.17, 15) is 4.79 Å². The number of hydrogen-bond acceptors (Lipinski definition) is 3. The maximum atomic E-state index is 13.1. The monoisotopic (exact) mass is 467 g/mol. The fourth-order valence-electron chi connectivity index (χ4n) is 3.91. The van der Waals surface area contributed by atoms with Gasteiger partial charge in [-0.1, -0.05) is 78.3 Å². The molecular weight excluding hydrogens is 446 g/mol. The van der Waals surface area contributed by atoms with Gasteiger partial charge in [0.05, 0.1) is 12.3 Å². The van der Waals surface area contributed by atoms with Crippen molar-refractivity contribution in [3.05, 3.63) is 125 Å². The van der Waals surface area contributed by atoms with Crippen LogP contribution in [0.25, 0.3) is 0 Å². The van der Waals surface area contributed by atoms with Gasteiger partial charge in [0.15, 0.2) is 0 Å². The SMILES string of the molecule is O=C(Nc1cccc(Oc2ccccc2)c1)N1CC(c2ccccc2)C(c2ccc(Cl)cc2)=N1. The Balaban J connectivity index is 1.36.